The fraction of sp³-hybridized carbons (Fsp3) is 0.235. The zero-order valence-electron chi connectivity index (χ0n) is 25.1. The minimum atomic E-state index is -4.21. The van der Waals surface area contributed by atoms with Crippen LogP contribution in [0.1, 0.15) is 27.8 Å². The van der Waals surface area contributed by atoms with Crippen LogP contribution in [-0.2, 0) is 32.6 Å². The second-order valence-corrected chi connectivity index (χ2v) is 13.3. The van der Waals surface area contributed by atoms with E-state index < -0.39 is 34.4 Å². The molecule has 4 aromatic rings. The number of halogens is 2. The van der Waals surface area contributed by atoms with Crippen LogP contribution in [0.4, 0.5) is 5.69 Å². The molecule has 10 heteroatoms. The van der Waals surface area contributed by atoms with Crippen LogP contribution in [0.5, 0.6) is 0 Å². The molecule has 0 fully saturated rings. The smallest absolute Gasteiger partial charge is 0.264 e. The molecule has 0 saturated carbocycles. The molecule has 1 N–H and O–H groups in total. The van der Waals surface area contributed by atoms with Crippen molar-refractivity contribution in [1.29, 1.82) is 0 Å². The number of likely N-dealkylation sites (N-methyl/N-ethyl adjacent to an activating group) is 1. The van der Waals surface area contributed by atoms with Crippen molar-refractivity contribution in [3.8, 4) is 0 Å². The molecule has 0 radical (unpaired) electrons. The van der Waals surface area contributed by atoms with Crippen LogP contribution in [0, 0.1) is 20.8 Å². The lowest BCUT2D eigenvalue weighted by atomic mass is 10.0. The quantitative estimate of drug-likeness (QED) is 0.201. The molecule has 0 aliphatic heterocycles. The van der Waals surface area contributed by atoms with E-state index >= 15 is 0 Å². The predicted molar refractivity (Wildman–Crippen MR) is 177 cm³/mol. The number of nitrogens with zero attached hydrogens (tertiary/aromatic N) is 2. The Morgan fingerprint density at radius 3 is 2.05 bits per heavy atom. The van der Waals surface area contributed by atoms with Gasteiger partial charge in [0.2, 0.25) is 11.8 Å². The third kappa shape index (κ3) is 7.44. The number of amides is 2. The first-order valence-corrected chi connectivity index (χ1v) is 16.3. The van der Waals surface area contributed by atoms with E-state index in [-0.39, 0.29) is 17.9 Å². The van der Waals surface area contributed by atoms with Crippen LogP contribution in [0.3, 0.4) is 0 Å². The first kappa shape index (κ1) is 33.1. The van der Waals surface area contributed by atoms with Crippen LogP contribution in [0.15, 0.2) is 95.9 Å². The van der Waals surface area contributed by atoms with Gasteiger partial charge in [0.15, 0.2) is 0 Å². The summed E-state index contributed by atoms with van der Waals surface area (Å²) in [6, 6.07) is 25.1. The number of carbonyl (C=O) groups is 2. The van der Waals surface area contributed by atoms with Crippen LogP contribution >= 0.6 is 23.2 Å². The highest BCUT2D eigenvalue weighted by Crippen LogP contribution is 2.31. The zero-order chi connectivity index (χ0) is 32.0. The lowest BCUT2D eigenvalue weighted by Crippen LogP contribution is -2.53. The van der Waals surface area contributed by atoms with Gasteiger partial charge in [0.05, 0.1) is 10.6 Å². The highest BCUT2D eigenvalue weighted by Gasteiger charge is 2.35. The molecule has 0 aromatic heterocycles. The minimum absolute atomic E-state index is 0.0460. The molecule has 4 rings (SSSR count). The van der Waals surface area contributed by atoms with E-state index in [1.807, 2.05) is 57.2 Å². The number of hydrogen-bond donors (Lipinski definition) is 1. The fourth-order valence-electron chi connectivity index (χ4n) is 4.93. The maximum atomic E-state index is 14.5. The molecule has 4 aromatic carbocycles. The van der Waals surface area contributed by atoms with E-state index in [0.717, 1.165) is 21.0 Å². The van der Waals surface area contributed by atoms with E-state index in [2.05, 4.69) is 5.32 Å². The SMILES string of the molecule is CNC(=O)[C@H](Cc1ccccc1)N(Cc1c(Cl)cccc1Cl)C(=O)CN(c1cccc(C)c1C)S(=O)(=O)c1ccc(C)cc1. The van der Waals surface area contributed by atoms with Gasteiger partial charge in [-0.05, 0) is 67.8 Å². The summed E-state index contributed by atoms with van der Waals surface area (Å²) >= 11 is 13.1. The van der Waals surface area contributed by atoms with E-state index in [1.54, 1.807) is 42.5 Å². The molecule has 0 aliphatic carbocycles. The number of anilines is 1. The Morgan fingerprint density at radius 1 is 0.818 bits per heavy atom. The van der Waals surface area contributed by atoms with Crippen molar-refractivity contribution in [2.45, 2.75) is 44.7 Å². The topological polar surface area (TPSA) is 86.8 Å². The van der Waals surface area contributed by atoms with Gasteiger partial charge in [-0.1, -0.05) is 89.4 Å². The minimum Gasteiger partial charge on any atom is -0.357 e. The van der Waals surface area contributed by atoms with Gasteiger partial charge in [0, 0.05) is 35.6 Å². The summed E-state index contributed by atoms with van der Waals surface area (Å²) < 4.78 is 29.6. The summed E-state index contributed by atoms with van der Waals surface area (Å²) in [6.45, 7) is 4.88. The zero-order valence-corrected chi connectivity index (χ0v) is 27.4. The number of sulfonamides is 1. The van der Waals surface area contributed by atoms with E-state index in [9.17, 15) is 18.0 Å². The maximum Gasteiger partial charge on any atom is 0.264 e. The van der Waals surface area contributed by atoms with Gasteiger partial charge in [-0.15, -0.1) is 0 Å². The van der Waals surface area contributed by atoms with E-state index in [1.165, 1.54) is 24.1 Å². The summed E-state index contributed by atoms with van der Waals surface area (Å²) in [7, 11) is -2.71. The van der Waals surface area contributed by atoms with Crippen molar-refractivity contribution in [1.82, 2.24) is 10.2 Å². The Bertz CT molecular complexity index is 1730. The Labute approximate surface area is 269 Å². The van der Waals surface area contributed by atoms with Crippen molar-refractivity contribution in [3.05, 3.63) is 129 Å². The number of carbonyl (C=O) groups excluding carboxylic acids is 2. The Balaban J connectivity index is 1.85. The lowest BCUT2D eigenvalue weighted by molar-refractivity contribution is -0.139. The standard InChI is InChI=1S/C34H35Cl2N3O4S/c1-23-16-18-27(19-17-23)44(42,43)39(31-15-8-10-24(2)25(31)3)22-33(40)38(21-28-29(35)13-9-14-30(28)36)32(34(41)37-4)20-26-11-6-5-7-12-26/h5-19,32H,20-22H2,1-4H3,(H,37,41)/t32-/m0/s1. The summed E-state index contributed by atoms with van der Waals surface area (Å²) in [4.78, 5) is 29.3. The van der Waals surface area contributed by atoms with Gasteiger partial charge < -0.3 is 10.2 Å². The molecule has 230 valence electrons. The van der Waals surface area contributed by atoms with Crippen molar-refractivity contribution < 1.29 is 18.0 Å². The van der Waals surface area contributed by atoms with Crippen LogP contribution in [0.25, 0.3) is 0 Å². The normalized spacial score (nSPS) is 12.0. The largest absolute Gasteiger partial charge is 0.357 e. The third-order valence-electron chi connectivity index (χ3n) is 7.64. The number of hydrogen-bond acceptors (Lipinski definition) is 4. The van der Waals surface area contributed by atoms with Gasteiger partial charge in [0.1, 0.15) is 12.6 Å². The van der Waals surface area contributed by atoms with Gasteiger partial charge in [-0.25, -0.2) is 8.42 Å². The summed E-state index contributed by atoms with van der Waals surface area (Å²) in [5, 5.41) is 3.31. The summed E-state index contributed by atoms with van der Waals surface area (Å²) in [5.41, 5.74) is 4.12. The molecule has 7 nitrogen and oxygen atoms in total. The molecule has 1 atom stereocenters. The molecule has 0 aliphatic rings. The van der Waals surface area contributed by atoms with E-state index in [4.69, 9.17) is 23.2 Å². The van der Waals surface area contributed by atoms with E-state index in [0.29, 0.717) is 26.9 Å². The molecule has 0 spiro atoms. The van der Waals surface area contributed by atoms with Gasteiger partial charge >= 0.3 is 0 Å². The Morgan fingerprint density at radius 2 is 1.43 bits per heavy atom. The van der Waals surface area contributed by atoms with Crippen LogP contribution < -0.4 is 9.62 Å². The second kappa shape index (κ2) is 14.3. The van der Waals surface area contributed by atoms with Crippen molar-refractivity contribution >= 4 is 50.7 Å². The molecule has 0 unspecified atom stereocenters. The number of rotatable bonds is 11. The highest BCUT2D eigenvalue weighted by molar-refractivity contribution is 7.92. The van der Waals surface area contributed by atoms with Gasteiger partial charge in [-0.3, -0.25) is 13.9 Å². The number of aryl methyl sites for hydroxylation is 2. The average Bonchev–Trinajstić information content (AvgIpc) is 3.00. The fourth-order valence-corrected chi connectivity index (χ4v) is 6.92. The molecule has 0 saturated heterocycles. The lowest BCUT2D eigenvalue weighted by Gasteiger charge is -2.34. The Kier molecular flexibility index (Phi) is 10.7. The first-order chi connectivity index (χ1) is 20.9. The van der Waals surface area contributed by atoms with Crippen molar-refractivity contribution in [2.24, 2.45) is 0 Å². The first-order valence-electron chi connectivity index (χ1n) is 14.1. The van der Waals surface area contributed by atoms with Gasteiger partial charge in [0.25, 0.3) is 10.0 Å². The molecule has 44 heavy (non-hydrogen) atoms. The van der Waals surface area contributed by atoms with Crippen LogP contribution in [-0.4, -0.2) is 44.8 Å². The number of benzene rings is 4. The molecular formula is C34H35Cl2N3O4S. The van der Waals surface area contributed by atoms with Crippen molar-refractivity contribution in [2.75, 3.05) is 17.9 Å². The molecular weight excluding hydrogens is 617 g/mol. The summed E-state index contributed by atoms with van der Waals surface area (Å²) in [5.74, 6) is -1.01. The molecule has 0 heterocycles. The van der Waals surface area contributed by atoms with Gasteiger partial charge in [-0.2, -0.15) is 0 Å². The maximum absolute atomic E-state index is 14.5. The Hall–Kier alpha value is -3.85. The van der Waals surface area contributed by atoms with Crippen molar-refractivity contribution in [3.63, 3.8) is 0 Å². The molecule has 0 bridgehead atoms. The average molecular weight is 653 g/mol. The summed E-state index contributed by atoms with van der Waals surface area (Å²) in [6.07, 6.45) is 0.183. The van der Waals surface area contributed by atoms with Crippen LogP contribution in [0.2, 0.25) is 10.0 Å². The molecule has 2 amide bonds. The predicted octanol–water partition coefficient (Wildman–Crippen LogP) is 6.50. The number of nitrogens with one attached hydrogen (secondary N) is 1. The monoisotopic (exact) mass is 651 g/mol. The third-order valence-corrected chi connectivity index (χ3v) is 10.1. The second-order valence-electron chi connectivity index (χ2n) is 10.6. The highest BCUT2D eigenvalue weighted by atomic mass is 35.5.